The second-order valence-corrected chi connectivity index (χ2v) is 5.34. The van der Waals surface area contributed by atoms with Crippen molar-refractivity contribution in [2.45, 2.75) is 6.04 Å². The van der Waals surface area contributed by atoms with Crippen molar-refractivity contribution in [3.63, 3.8) is 0 Å². The van der Waals surface area contributed by atoms with Gasteiger partial charge in [-0.25, -0.2) is 0 Å². The summed E-state index contributed by atoms with van der Waals surface area (Å²) in [6.45, 7) is 1.80. The minimum absolute atomic E-state index is 0.0623. The van der Waals surface area contributed by atoms with Gasteiger partial charge in [-0.3, -0.25) is 14.9 Å². The molecular weight excluding hydrogens is 270 g/mol. The molecule has 6 nitrogen and oxygen atoms in total. The summed E-state index contributed by atoms with van der Waals surface area (Å²) in [5, 5.41) is 17.3. The molecule has 2 atom stereocenters. The molecular formula is C12H12ClN3O3. The van der Waals surface area contributed by atoms with Gasteiger partial charge in [-0.2, -0.15) is 0 Å². The van der Waals surface area contributed by atoms with E-state index in [9.17, 15) is 14.9 Å². The second-order valence-electron chi connectivity index (χ2n) is 4.90. The number of nitrogens with zero attached hydrogens (tertiary/aromatic N) is 1. The number of benzene rings is 1. The van der Waals surface area contributed by atoms with Crippen molar-refractivity contribution in [1.82, 2.24) is 10.6 Å². The van der Waals surface area contributed by atoms with Crippen molar-refractivity contribution >= 4 is 23.2 Å². The summed E-state index contributed by atoms with van der Waals surface area (Å²) in [6, 6.07) is 4.22. The summed E-state index contributed by atoms with van der Waals surface area (Å²) >= 11 is 5.72. The molecule has 0 aromatic heterocycles. The Morgan fingerprint density at radius 2 is 2.11 bits per heavy atom. The van der Waals surface area contributed by atoms with Gasteiger partial charge < -0.3 is 10.6 Å². The van der Waals surface area contributed by atoms with Gasteiger partial charge in [0.2, 0.25) is 0 Å². The Morgan fingerprint density at radius 3 is 2.74 bits per heavy atom. The van der Waals surface area contributed by atoms with E-state index in [1.165, 1.54) is 18.2 Å². The van der Waals surface area contributed by atoms with Crippen molar-refractivity contribution in [1.29, 1.82) is 0 Å². The van der Waals surface area contributed by atoms with Gasteiger partial charge >= 0.3 is 0 Å². The number of fused-ring (bicyclic) bond motifs is 1. The van der Waals surface area contributed by atoms with Crippen LogP contribution in [0.4, 0.5) is 5.69 Å². The number of nitro groups is 1. The average molecular weight is 282 g/mol. The zero-order valence-corrected chi connectivity index (χ0v) is 10.7. The van der Waals surface area contributed by atoms with Crippen molar-refractivity contribution in [2.24, 2.45) is 11.8 Å². The van der Waals surface area contributed by atoms with Gasteiger partial charge in [0.15, 0.2) is 0 Å². The number of nitrogens with one attached hydrogen (secondary N) is 2. The zero-order valence-electron chi connectivity index (χ0n) is 9.93. The van der Waals surface area contributed by atoms with Gasteiger partial charge in [-0.15, -0.1) is 0 Å². The molecule has 1 aliphatic carbocycles. The minimum atomic E-state index is -0.587. The number of hydrogen-bond donors (Lipinski definition) is 2. The largest absolute Gasteiger partial charge is 0.348 e. The Hall–Kier alpha value is -1.66. The molecule has 1 saturated carbocycles. The van der Waals surface area contributed by atoms with Crippen LogP contribution in [0.5, 0.6) is 0 Å². The van der Waals surface area contributed by atoms with Crippen LogP contribution in [0, 0.1) is 22.0 Å². The van der Waals surface area contributed by atoms with Gasteiger partial charge in [-0.05, 0) is 24.0 Å². The summed E-state index contributed by atoms with van der Waals surface area (Å²) in [4.78, 5) is 22.4. The van der Waals surface area contributed by atoms with Gasteiger partial charge in [0.25, 0.3) is 11.6 Å². The van der Waals surface area contributed by atoms with Crippen LogP contribution in [0.2, 0.25) is 5.02 Å². The summed E-state index contributed by atoms with van der Waals surface area (Å²) in [7, 11) is 0. The molecule has 1 amide bonds. The topological polar surface area (TPSA) is 84.3 Å². The molecule has 1 aromatic carbocycles. The number of hydrogen-bond acceptors (Lipinski definition) is 4. The maximum Gasteiger partial charge on any atom is 0.283 e. The maximum absolute atomic E-state index is 12.1. The van der Waals surface area contributed by atoms with E-state index in [0.29, 0.717) is 11.8 Å². The van der Waals surface area contributed by atoms with E-state index in [1.54, 1.807) is 0 Å². The molecule has 0 spiro atoms. The highest BCUT2D eigenvalue weighted by Gasteiger charge is 2.53. The Morgan fingerprint density at radius 1 is 1.42 bits per heavy atom. The molecule has 19 heavy (non-hydrogen) atoms. The number of rotatable bonds is 3. The van der Waals surface area contributed by atoms with Crippen LogP contribution in [0.25, 0.3) is 0 Å². The fourth-order valence-corrected chi connectivity index (χ4v) is 2.88. The third kappa shape index (κ3) is 2.17. The van der Waals surface area contributed by atoms with Crippen LogP contribution in [0.1, 0.15) is 10.4 Å². The lowest BCUT2D eigenvalue weighted by molar-refractivity contribution is -0.385. The van der Waals surface area contributed by atoms with Crippen molar-refractivity contribution in [3.8, 4) is 0 Å². The summed E-state index contributed by atoms with van der Waals surface area (Å²) in [6.07, 6.45) is 0. The molecule has 1 saturated heterocycles. The summed E-state index contributed by atoms with van der Waals surface area (Å²) in [5.74, 6) is 0.536. The highest BCUT2D eigenvalue weighted by Crippen LogP contribution is 2.41. The molecule has 1 aliphatic heterocycles. The Bertz CT molecular complexity index is 553. The Balaban J connectivity index is 1.78. The fraction of sp³-hybridized carbons (Fsp3) is 0.417. The first-order valence-electron chi connectivity index (χ1n) is 6.03. The lowest BCUT2D eigenvalue weighted by Crippen LogP contribution is -2.32. The van der Waals surface area contributed by atoms with Crippen molar-refractivity contribution < 1.29 is 9.72 Å². The first kappa shape index (κ1) is 12.4. The first-order valence-corrected chi connectivity index (χ1v) is 6.41. The van der Waals surface area contributed by atoms with E-state index in [-0.39, 0.29) is 22.3 Å². The highest BCUT2D eigenvalue weighted by molar-refractivity contribution is 6.31. The molecule has 100 valence electrons. The number of halogens is 1. The predicted molar refractivity (Wildman–Crippen MR) is 69.2 cm³/mol. The number of carbonyl (C=O) groups excluding carboxylic acids is 1. The second kappa shape index (κ2) is 4.47. The first-order chi connectivity index (χ1) is 9.08. The lowest BCUT2D eigenvalue weighted by Gasteiger charge is -2.08. The molecule has 1 aromatic rings. The zero-order chi connectivity index (χ0) is 13.6. The van der Waals surface area contributed by atoms with Crippen LogP contribution >= 0.6 is 11.6 Å². The van der Waals surface area contributed by atoms with Crippen LogP contribution in [0.15, 0.2) is 18.2 Å². The van der Waals surface area contributed by atoms with Gasteiger partial charge in [-0.1, -0.05) is 11.6 Å². The standard InChI is InChI=1S/C12H12ClN3O3/c13-6-1-2-7(10(3-6)16(18)19)12(17)15-11-8-4-14-5-9(8)11/h1-3,8-9,11,14H,4-5H2,(H,15,17). The lowest BCUT2D eigenvalue weighted by atomic mass is 10.1. The van der Waals surface area contributed by atoms with Crippen LogP contribution in [0.3, 0.4) is 0 Å². The smallest absolute Gasteiger partial charge is 0.283 e. The molecule has 7 heteroatoms. The number of piperidine rings is 1. The van der Waals surface area contributed by atoms with Crippen LogP contribution < -0.4 is 10.6 Å². The maximum atomic E-state index is 12.1. The van der Waals surface area contributed by atoms with E-state index in [4.69, 9.17) is 11.6 Å². The highest BCUT2D eigenvalue weighted by atomic mass is 35.5. The molecule has 0 radical (unpaired) electrons. The fourth-order valence-electron chi connectivity index (χ4n) is 2.71. The van der Waals surface area contributed by atoms with Crippen LogP contribution in [-0.2, 0) is 0 Å². The molecule has 2 unspecified atom stereocenters. The van der Waals surface area contributed by atoms with E-state index >= 15 is 0 Å². The Labute approximate surface area is 114 Å². The van der Waals surface area contributed by atoms with E-state index in [1.807, 2.05) is 0 Å². The van der Waals surface area contributed by atoms with Gasteiger partial charge in [0.05, 0.1) is 4.92 Å². The summed E-state index contributed by atoms with van der Waals surface area (Å²) < 4.78 is 0. The molecule has 0 bridgehead atoms. The SMILES string of the molecule is O=C(NC1C2CNCC21)c1ccc(Cl)cc1[N+](=O)[O-]. The minimum Gasteiger partial charge on any atom is -0.348 e. The van der Waals surface area contributed by atoms with Crippen molar-refractivity contribution in [2.75, 3.05) is 13.1 Å². The molecule has 3 rings (SSSR count). The normalized spacial score (nSPS) is 27.7. The van der Waals surface area contributed by atoms with E-state index < -0.39 is 10.8 Å². The third-order valence-corrected chi connectivity index (χ3v) is 4.03. The number of nitro benzene ring substituents is 1. The summed E-state index contributed by atoms with van der Waals surface area (Å²) in [5.41, 5.74) is -0.193. The molecule has 2 fully saturated rings. The third-order valence-electron chi connectivity index (χ3n) is 3.79. The van der Waals surface area contributed by atoms with Crippen molar-refractivity contribution in [3.05, 3.63) is 38.9 Å². The number of carbonyl (C=O) groups is 1. The average Bonchev–Trinajstić information content (AvgIpc) is 2.82. The quantitative estimate of drug-likeness (QED) is 0.644. The van der Waals surface area contributed by atoms with Gasteiger partial charge in [0.1, 0.15) is 5.56 Å². The monoisotopic (exact) mass is 281 g/mol. The van der Waals surface area contributed by atoms with Crippen LogP contribution in [-0.4, -0.2) is 30.0 Å². The number of amides is 1. The Kier molecular flexibility index (Phi) is 2.91. The molecule has 2 N–H and O–H groups in total. The predicted octanol–water partition coefficient (Wildman–Crippen LogP) is 1.20. The molecule has 2 aliphatic rings. The van der Waals surface area contributed by atoms with E-state index in [0.717, 1.165) is 13.1 Å². The molecule has 1 heterocycles. The van der Waals surface area contributed by atoms with E-state index in [2.05, 4.69) is 10.6 Å². The van der Waals surface area contributed by atoms with Gasteiger partial charge in [0, 0.05) is 30.2 Å².